The molecule has 1 saturated heterocycles. The van der Waals surface area contributed by atoms with Crippen LogP contribution in [0.1, 0.15) is 43.6 Å². The van der Waals surface area contributed by atoms with Gasteiger partial charge in [-0.3, -0.25) is 4.90 Å². The fraction of sp³-hybridized carbons (Fsp3) is 0.588. The summed E-state index contributed by atoms with van der Waals surface area (Å²) in [5.74, 6) is 1.17. The SMILES string of the molecule is Cc1ccc2c(c1)nc(C(C)N1CCCCC1)n2CCN. The van der Waals surface area contributed by atoms with Crippen LogP contribution < -0.4 is 5.73 Å². The molecule has 1 unspecified atom stereocenters. The maximum Gasteiger partial charge on any atom is 0.127 e. The van der Waals surface area contributed by atoms with Crippen LogP contribution in [0.25, 0.3) is 11.0 Å². The average molecular weight is 286 g/mol. The molecule has 0 bridgehead atoms. The first kappa shape index (κ1) is 14.5. The van der Waals surface area contributed by atoms with E-state index in [1.54, 1.807) is 0 Å². The van der Waals surface area contributed by atoms with Gasteiger partial charge in [0, 0.05) is 13.1 Å². The summed E-state index contributed by atoms with van der Waals surface area (Å²) in [6.45, 7) is 8.27. The summed E-state index contributed by atoms with van der Waals surface area (Å²) in [6.07, 6.45) is 3.97. The van der Waals surface area contributed by atoms with Crippen LogP contribution in [0.15, 0.2) is 18.2 Å². The molecule has 1 aliphatic rings. The first-order valence-corrected chi connectivity index (χ1v) is 8.11. The Balaban J connectivity index is 2.01. The minimum Gasteiger partial charge on any atom is -0.329 e. The molecule has 2 N–H and O–H groups in total. The maximum atomic E-state index is 5.83. The minimum atomic E-state index is 0.365. The number of piperidine rings is 1. The van der Waals surface area contributed by atoms with Crippen molar-refractivity contribution < 1.29 is 0 Å². The highest BCUT2D eigenvalue weighted by molar-refractivity contribution is 5.77. The van der Waals surface area contributed by atoms with Gasteiger partial charge in [0.15, 0.2) is 0 Å². The van der Waals surface area contributed by atoms with E-state index in [0.717, 1.165) is 12.1 Å². The van der Waals surface area contributed by atoms with Gasteiger partial charge in [0.1, 0.15) is 5.82 Å². The molecule has 4 nitrogen and oxygen atoms in total. The number of benzene rings is 1. The molecule has 114 valence electrons. The molecule has 21 heavy (non-hydrogen) atoms. The van der Waals surface area contributed by atoms with Crippen LogP contribution in [0, 0.1) is 6.92 Å². The van der Waals surface area contributed by atoms with Crippen molar-refractivity contribution in [2.75, 3.05) is 19.6 Å². The van der Waals surface area contributed by atoms with Gasteiger partial charge in [-0.2, -0.15) is 0 Å². The Hall–Kier alpha value is -1.39. The molecule has 1 atom stereocenters. The summed E-state index contributed by atoms with van der Waals surface area (Å²) in [5.41, 5.74) is 9.40. The molecule has 2 aromatic rings. The number of nitrogens with zero attached hydrogens (tertiary/aromatic N) is 3. The standard InChI is InChI=1S/C17H26N4/c1-13-6-7-16-15(12-13)19-17(21(16)11-8-18)14(2)20-9-4-3-5-10-20/h6-7,12,14H,3-5,8-11,18H2,1-2H3. The molecule has 0 spiro atoms. The molecule has 0 saturated carbocycles. The van der Waals surface area contributed by atoms with Crippen molar-refractivity contribution in [3.8, 4) is 0 Å². The van der Waals surface area contributed by atoms with E-state index >= 15 is 0 Å². The van der Waals surface area contributed by atoms with Crippen LogP contribution in [0.4, 0.5) is 0 Å². The third-order valence-electron chi connectivity index (χ3n) is 4.60. The average Bonchev–Trinajstić information content (AvgIpc) is 2.85. The Morgan fingerprint density at radius 2 is 2.00 bits per heavy atom. The number of hydrogen-bond acceptors (Lipinski definition) is 3. The fourth-order valence-electron chi connectivity index (χ4n) is 3.41. The molecule has 1 fully saturated rings. The quantitative estimate of drug-likeness (QED) is 0.940. The van der Waals surface area contributed by atoms with Crippen LogP contribution in [0.3, 0.4) is 0 Å². The van der Waals surface area contributed by atoms with Crippen molar-refractivity contribution in [3.63, 3.8) is 0 Å². The van der Waals surface area contributed by atoms with E-state index in [2.05, 4.69) is 41.5 Å². The van der Waals surface area contributed by atoms with Crippen LogP contribution >= 0.6 is 0 Å². The largest absolute Gasteiger partial charge is 0.329 e. The molecule has 0 aliphatic carbocycles. The van der Waals surface area contributed by atoms with Crippen LogP contribution in [-0.4, -0.2) is 34.1 Å². The number of aryl methyl sites for hydroxylation is 1. The summed E-state index contributed by atoms with van der Waals surface area (Å²) < 4.78 is 2.31. The molecule has 1 aromatic carbocycles. The second-order valence-corrected chi connectivity index (χ2v) is 6.18. The van der Waals surface area contributed by atoms with Gasteiger partial charge in [-0.15, -0.1) is 0 Å². The number of hydrogen-bond donors (Lipinski definition) is 1. The van der Waals surface area contributed by atoms with Gasteiger partial charge < -0.3 is 10.3 Å². The summed E-state index contributed by atoms with van der Waals surface area (Å²) in [7, 11) is 0. The van der Waals surface area contributed by atoms with Gasteiger partial charge in [-0.1, -0.05) is 12.5 Å². The van der Waals surface area contributed by atoms with Crippen molar-refractivity contribution in [2.45, 2.75) is 45.7 Å². The monoisotopic (exact) mass is 286 g/mol. The van der Waals surface area contributed by atoms with Crippen LogP contribution in [0.5, 0.6) is 0 Å². The lowest BCUT2D eigenvalue weighted by molar-refractivity contribution is 0.166. The molecule has 0 radical (unpaired) electrons. The van der Waals surface area contributed by atoms with E-state index in [-0.39, 0.29) is 0 Å². The normalized spacial score (nSPS) is 18.2. The van der Waals surface area contributed by atoms with Crippen molar-refractivity contribution in [2.24, 2.45) is 5.73 Å². The van der Waals surface area contributed by atoms with E-state index in [4.69, 9.17) is 10.7 Å². The van der Waals surface area contributed by atoms with E-state index < -0.39 is 0 Å². The topological polar surface area (TPSA) is 47.1 Å². The van der Waals surface area contributed by atoms with Gasteiger partial charge in [0.2, 0.25) is 0 Å². The van der Waals surface area contributed by atoms with Crippen molar-refractivity contribution in [1.29, 1.82) is 0 Å². The predicted molar refractivity (Wildman–Crippen MR) is 87.4 cm³/mol. The second-order valence-electron chi connectivity index (χ2n) is 6.18. The third kappa shape index (κ3) is 2.83. The molecular formula is C17H26N4. The van der Waals surface area contributed by atoms with E-state index in [1.165, 1.54) is 49.3 Å². The lowest BCUT2D eigenvalue weighted by atomic mass is 10.1. The molecule has 0 amide bonds. The Bertz CT molecular complexity index is 611. The third-order valence-corrected chi connectivity index (χ3v) is 4.60. The molecule has 2 heterocycles. The predicted octanol–water partition coefficient (Wildman–Crippen LogP) is 2.85. The van der Waals surface area contributed by atoms with Gasteiger partial charge in [0.25, 0.3) is 0 Å². The van der Waals surface area contributed by atoms with Crippen molar-refractivity contribution in [3.05, 3.63) is 29.6 Å². The smallest absolute Gasteiger partial charge is 0.127 e. The second kappa shape index (κ2) is 6.16. The molecular weight excluding hydrogens is 260 g/mol. The summed E-state index contributed by atoms with van der Waals surface area (Å²) in [4.78, 5) is 7.49. The number of imidazole rings is 1. The summed E-state index contributed by atoms with van der Waals surface area (Å²) >= 11 is 0. The van der Waals surface area contributed by atoms with E-state index in [0.29, 0.717) is 12.6 Å². The number of rotatable bonds is 4. The van der Waals surface area contributed by atoms with Crippen molar-refractivity contribution in [1.82, 2.24) is 14.5 Å². The van der Waals surface area contributed by atoms with Crippen molar-refractivity contribution >= 4 is 11.0 Å². The van der Waals surface area contributed by atoms with Gasteiger partial charge >= 0.3 is 0 Å². The highest BCUT2D eigenvalue weighted by Gasteiger charge is 2.23. The Morgan fingerprint density at radius 3 is 2.71 bits per heavy atom. The van der Waals surface area contributed by atoms with Crippen LogP contribution in [0.2, 0.25) is 0 Å². The molecule has 1 aromatic heterocycles. The fourth-order valence-corrected chi connectivity index (χ4v) is 3.41. The Kier molecular flexibility index (Phi) is 4.27. The first-order valence-electron chi connectivity index (χ1n) is 8.11. The first-order chi connectivity index (χ1) is 10.2. The summed E-state index contributed by atoms with van der Waals surface area (Å²) in [6, 6.07) is 6.88. The zero-order valence-corrected chi connectivity index (χ0v) is 13.2. The van der Waals surface area contributed by atoms with Crippen LogP contribution in [-0.2, 0) is 6.54 Å². The molecule has 3 rings (SSSR count). The van der Waals surface area contributed by atoms with Gasteiger partial charge in [0.05, 0.1) is 17.1 Å². The summed E-state index contributed by atoms with van der Waals surface area (Å²) in [5, 5.41) is 0. The van der Waals surface area contributed by atoms with E-state index in [1.807, 2.05) is 0 Å². The Labute approximate surface area is 126 Å². The lowest BCUT2D eigenvalue weighted by Crippen LogP contribution is -2.34. The lowest BCUT2D eigenvalue weighted by Gasteiger charge is -2.32. The maximum absolute atomic E-state index is 5.83. The highest BCUT2D eigenvalue weighted by Crippen LogP contribution is 2.27. The van der Waals surface area contributed by atoms with E-state index in [9.17, 15) is 0 Å². The molecule has 1 aliphatic heterocycles. The highest BCUT2D eigenvalue weighted by atomic mass is 15.2. The number of aromatic nitrogens is 2. The van der Waals surface area contributed by atoms with Gasteiger partial charge in [-0.05, 0) is 57.5 Å². The zero-order valence-electron chi connectivity index (χ0n) is 13.2. The van der Waals surface area contributed by atoms with Gasteiger partial charge in [-0.25, -0.2) is 4.98 Å². The Morgan fingerprint density at radius 1 is 1.24 bits per heavy atom. The zero-order chi connectivity index (χ0) is 14.8. The molecule has 4 heteroatoms. The number of nitrogens with two attached hydrogens (primary N) is 1. The number of likely N-dealkylation sites (tertiary alicyclic amines) is 1. The minimum absolute atomic E-state index is 0.365. The number of fused-ring (bicyclic) bond motifs is 1.